The molecule has 0 aliphatic carbocycles. The van der Waals surface area contributed by atoms with Crippen LogP contribution in [0.4, 0.5) is 0 Å². The summed E-state index contributed by atoms with van der Waals surface area (Å²) < 4.78 is 0. The van der Waals surface area contributed by atoms with E-state index in [0.717, 1.165) is 0 Å². The molecule has 0 atom stereocenters. The molecule has 1 fully saturated rings. The van der Waals surface area contributed by atoms with Crippen molar-refractivity contribution >= 4 is 0 Å². The Bertz CT molecular complexity index is 216. The average Bonchev–Trinajstić information content (AvgIpc) is 2.32. The molecule has 3 nitrogen and oxygen atoms in total. The third-order valence-electron chi connectivity index (χ3n) is 4.15. The van der Waals surface area contributed by atoms with Gasteiger partial charge in [-0.1, -0.05) is 13.3 Å². The Labute approximate surface area is 114 Å². The van der Waals surface area contributed by atoms with Crippen LogP contribution in [-0.4, -0.2) is 61.7 Å². The lowest BCUT2D eigenvalue weighted by atomic mass is 9.99. The second kappa shape index (κ2) is 8.13. The van der Waals surface area contributed by atoms with E-state index in [-0.39, 0.29) is 0 Å². The average molecular weight is 255 g/mol. The van der Waals surface area contributed by atoms with Gasteiger partial charge in [0.15, 0.2) is 0 Å². The van der Waals surface area contributed by atoms with Crippen LogP contribution in [0, 0.1) is 0 Å². The number of hydrogen-bond donors (Lipinski definition) is 1. The fraction of sp³-hybridized carbons (Fsp3) is 1.00. The first-order valence-corrected chi connectivity index (χ1v) is 7.70. The molecular weight excluding hydrogens is 222 g/mol. The molecule has 0 saturated carbocycles. The Hall–Kier alpha value is -0.120. The standard InChI is InChI=1S/C15H33N3/c1-5-9-16-10-7-6-8-11-18-13-12-17(4)15(2,3)14-18/h16H,5-14H2,1-4H3. The summed E-state index contributed by atoms with van der Waals surface area (Å²) in [6, 6.07) is 0. The Kier molecular flexibility index (Phi) is 7.20. The van der Waals surface area contributed by atoms with Gasteiger partial charge in [-0.25, -0.2) is 0 Å². The van der Waals surface area contributed by atoms with Crippen LogP contribution in [0.2, 0.25) is 0 Å². The molecule has 1 N–H and O–H groups in total. The highest BCUT2D eigenvalue weighted by molar-refractivity contribution is 4.87. The van der Waals surface area contributed by atoms with Gasteiger partial charge in [0.2, 0.25) is 0 Å². The number of piperazine rings is 1. The van der Waals surface area contributed by atoms with Gasteiger partial charge in [0, 0.05) is 25.2 Å². The van der Waals surface area contributed by atoms with E-state index in [1.165, 1.54) is 65.0 Å². The molecule has 18 heavy (non-hydrogen) atoms. The van der Waals surface area contributed by atoms with Crippen molar-refractivity contribution in [2.75, 3.05) is 46.3 Å². The third kappa shape index (κ3) is 5.68. The number of unbranched alkanes of at least 4 members (excludes halogenated alkanes) is 2. The third-order valence-corrected chi connectivity index (χ3v) is 4.15. The normalized spacial score (nSPS) is 21.3. The SMILES string of the molecule is CCCNCCCCCN1CCN(C)C(C)(C)C1. The fourth-order valence-electron chi connectivity index (χ4n) is 2.60. The summed E-state index contributed by atoms with van der Waals surface area (Å²) in [6.45, 7) is 14.3. The Morgan fingerprint density at radius 2 is 1.83 bits per heavy atom. The molecule has 0 spiro atoms. The van der Waals surface area contributed by atoms with Gasteiger partial charge in [0.05, 0.1) is 0 Å². The van der Waals surface area contributed by atoms with Gasteiger partial charge in [-0.05, 0) is 59.8 Å². The monoisotopic (exact) mass is 255 g/mol. The van der Waals surface area contributed by atoms with Gasteiger partial charge < -0.3 is 10.2 Å². The molecule has 0 aromatic rings. The maximum absolute atomic E-state index is 3.47. The van der Waals surface area contributed by atoms with Crippen molar-refractivity contribution in [2.24, 2.45) is 0 Å². The maximum atomic E-state index is 3.47. The van der Waals surface area contributed by atoms with Crippen LogP contribution in [-0.2, 0) is 0 Å². The fourth-order valence-corrected chi connectivity index (χ4v) is 2.60. The number of rotatable bonds is 8. The highest BCUT2D eigenvalue weighted by Gasteiger charge is 2.30. The van der Waals surface area contributed by atoms with E-state index in [2.05, 4.69) is 42.9 Å². The maximum Gasteiger partial charge on any atom is 0.0277 e. The zero-order valence-electron chi connectivity index (χ0n) is 13.0. The summed E-state index contributed by atoms with van der Waals surface area (Å²) in [5.74, 6) is 0. The summed E-state index contributed by atoms with van der Waals surface area (Å²) in [5.41, 5.74) is 0.348. The molecule has 0 amide bonds. The minimum Gasteiger partial charge on any atom is -0.317 e. The molecule has 0 radical (unpaired) electrons. The minimum atomic E-state index is 0.348. The van der Waals surface area contributed by atoms with Crippen LogP contribution in [0.25, 0.3) is 0 Å². The second-order valence-corrected chi connectivity index (χ2v) is 6.32. The van der Waals surface area contributed by atoms with Crippen LogP contribution in [0.3, 0.4) is 0 Å². The van der Waals surface area contributed by atoms with Crippen molar-refractivity contribution < 1.29 is 0 Å². The predicted molar refractivity (Wildman–Crippen MR) is 80.2 cm³/mol. The van der Waals surface area contributed by atoms with E-state index in [4.69, 9.17) is 0 Å². The molecule has 0 bridgehead atoms. The van der Waals surface area contributed by atoms with Crippen LogP contribution >= 0.6 is 0 Å². The largest absolute Gasteiger partial charge is 0.317 e. The van der Waals surface area contributed by atoms with E-state index in [1.54, 1.807) is 0 Å². The first kappa shape index (κ1) is 15.9. The van der Waals surface area contributed by atoms with Crippen LogP contribution in [0.1, 0.15) is 46.5 Å². The van der Waals surface area contributed by atoms with Gasteiger partial charge in [0.1, 0.15) is 0 Å². The zero-order valence-corrected chi connectivity index (χ0v) is 13.0. The summed E-state index contributed by atoms with van der Waals surface area (Å²) in [6.07, 6.45) is 5.30. The molecule has 0 aromatic carbocycles. The summed E-state index contributed by atoms with van der Waals surface area (Å²) >= 11 is 0. The van der Waals surface area contributed by atoms with Gasteiger partial charge in [0.25, 0.3) is 0 Å². The first-order chi connectivity index (χ1) is 8.56. The van der Waals surface area contributed by atoms with Crippen LogP contribution < -0.4 is 5.32 Å². The number of nitrogens with zero attached hydrogens (tertiary/aromatic N) is 2. The Morgan fingerprint density at radius 1 is 1.06 bits per heavy atom. The molecule has 0 unspecified atom stereocenters. The summed E-state index contributed by atoms with van der Waals surface area (Å²) in [5, 5.41) is 3.47. The van der Waals surface area contributed by atoms with Crippen molar-refractivity contribution in [3.63, 3.8) is 0 Å². The van der Waals surface area contributed by atoms with Crippen LogP contribution in [0.5, 0.6) is 0 Å². The molecule has 3 heteroatoms. The molecule has 108 valence electrons. The molecule has 0 aromatic heterocycles. The molecule has 1 aliphatic heterocycles. The first-order valence-electron chi connectivity index (χ1n) is 7.70. The summed E-state index contributed by atoms with van der Waals surface area (Å²) in [7, 11) is 2.25. The zero-order chi connectivity index (χ0) is 13.4. The highest BCUT2D eigenvalue weighted by Crippen LogP contribution is 2.18. The van der Waals surface area contributed by atoms with Crippen molar-refractivity contribution in [2.45, 2.75) is 52.0 Å². The highest BCUT2D eigenvalue weighted by atomic mass is 15.3. The van der Waals surface area contributed by atoms with Crippen molar-refractivity contribution in [1.29, 1.82) is 0 Å². The molecule has 1 aliphatic rings. The van der Waals surface area contributed by atoms with E-state index in [0.29, 0.717) is 5.54 Å². The van der Waals surface area contributed by atoms with Gasteiger partial charge in [-0.2, -0.15) is 0 Å². The van der Waals surface area contributed by atoms with Crippen molar-refractivity contribution in [3.05, 3.63) is 0 Å². The lowest BCUT2D eigenvalue weighted by Gasteiger charge is -2.45. The quantitative estimate of drug-likeness (QED) is 0.671. The predicted octanol–water partition coefficient (Wildman–Crippen LogP) is 2.18. The van der Waals surface area contributed by atoms with Gasteiger partial charge in [-0.3, -0.25) is 4.90 Å². The number of likely N-dealkylation sites (N-methyl/N-ethyl adjacent to an activating group) is 1. The second-order valence-electron chi connectivity index (χ2n) is 6.32. The smallest absolute Gasteiger partial charge is 0.0277 e. The summed E-state index contributed by atoms with van der Waals surface area (Å²) in [4.78, 5) is 5.12. The van der Waals surface area contributed by atoms with E-state index < -0.39 is 0 Å². The van der Waals surface area contributed by atoms with Gasteiger partial charge >= 0.3 is 0 Å². The van der Waals surface area contributed by atoms with E-state index in [1.807, 2.05) is 0 Å². The van der Waals surface area contributed by atoms with E-state index in [9.17, 15) is 0 Å². The lowest BCUT2D eigenvalue weighted by molar-refractivity contribution is 0.0393. The van der Waals surface area contributed by atoms with Crippen molar-refractivity contribution in [1.82, 2.24) is 15.1 Å². The molecular formula is C15H33N3. The number of hydrogen-bond acceptors (Lipinski definition) is 3. The van der Waals surface area contributed by atoms with Gasteiger partial charge in [-0.15, -0.1) is 0 Å². The van der Waals surface area contributed by atoms with Crippen molar-refractivity contribution in [3.8, 4) is 0 Å². The molecule has 1 heterocycles. The number of nitrogens with one attached hydrogen (secondary N) is 1. The molecule has 1 rings (SSSR count). The van der Waals surface area contributed by atoms with E-state index >= 15 is 0 Å². The lowest BCUT2D eigenvalue weighted by Crippen LogP contribution is -2.57. The topological polar surface area (TPSA) is 18.5 Å². The van der Waals surface area contributed by atoms with Crippen LogP contribution in [0.15, 0.2) is 0 Å². The Balaban J connectivity index is 2.03. The minimum absolute atomic E-state index is 0.348. The Morgan fingerprint density at radius 3 is 2.50 bits per heavy atom. The molecule has 1 saturated heterocycles.